The first kappa shape index (κ1) is 38.1. The zero-order valence-electron chi connectivity index (χ0n) is 29.4. The molecule has 4 N–H and O–H groups in total. The highest BCUT2D eigenvalue weighted by atomic mass is 16.6. The molecule has 11 nitrogen and oxygen atoms in total. The average Bonchev–Trinajstić information content (AvgIpc) is 3.50. The number of aliphatic carboxylic acids is 1. The zero-order chi connectivity index (χ0) is 37.3. The Hall–Kier alpha value is -6.10. The van der Waals surface area contributed by atoms with E-state index in [9.17, 15) is 24.3 Å². The van der Waals surface area contributed by atoms with E-state index in [1.54, 1.807) is 12.2 Å². The number of alkyl carbamates (subject to hydrolysis) is 3. The molecule has 0 unspecified atom stereocenters. The van der Waals surface area contributed by atoms with Gasteiger partial charge in [0.1, 0.15) is 19.8 Å². The normalized spacial score (nSPS) is 12.9. The summed E-state index contributed by atoms with van der Waals surface area (Å²) < 4.78 is 16.2. The number of hydrogen-bond acceptors (Lipinski definition) is 7. The van der Waals surface area contributed by atoms with Gasteiger partial charge in [0.15, 0.2) is 0 Å². The Labute approximate surface area is 309 Å². The fraction of sp³-hybridized carbons (Fsp3) is 0.286. The molecule has 2 atom stereocenters. The molecule has 0 fully saturated rings. The number of ether oxygens (including phenoxy) is 3. The van der Waals surface area contributed by atoms with E-state index in [-0.39, 0.29) is 45.2 Å². The molecule has 0 aromatic heterocycles. The Morgan fingerprint density at radius 1 is 0.604 bits per heavy atom. The summed E-state index contributed by atoms with van der Waals surface area (Å²) in [4.78, 5) is 49.6. The van der Waals surface area contributed by atoms with Crippen LogP contribution in [0.5, 0.6) is 0 Å². The maximum atomic E-state index is 13.2. The SMILES string of the molecule is O=C(NCCC[C@@H](/C=C/[C@@H](CCCNC(=O)OCc1ccccc1)C(=O)O)NC(=O)OCC1c2ccccc2-c2ccccc21)OCc1ccccc1. The minimum absolute atomic E-state index is 0.117. The largest absolute Gasteiger partial charge is 0.481 e. The first-order valence-electron chi connectivity index (χ1n) is 17.8. The van der Waals surface area contributed by atoms with E-state index >= 15 is 0 Å². The van der Waals surface area contributed by atoms with E-state index in [1.165, 1.54) is 0 Å². The number of carboxylic acids is 1. The van der Waals surface area contributed by atoms with Crippen LogP contribution in [0.25, 0.3) is 11.1 Å². The van der Waals surface area contributed by atoms with Gasteiger partial charge in [0.25, 0.3) is 0 Å². The Morgan fingerprint density at radius 2 is 1.09 bits per heavy atom. The van der Waals surface area contributed by atoms with Gasteiger partial charge in [0.05, 0.1) is 12.0 Å². The summed E-state index contributed by atoms with van der Waals surface area (Å²) in [5.74, 6) is -2.01. The Bertz CT molecular complexity index is 1790. The maximum Gasteiger partial charge on any atom is 0.407 e. The van der Waals surface area contributed by atoms with Crippen molar-refractivity contribution in [1.82, 2.24) is 16.0 Å². The predicted octanol–water partition coefficient (Wildman–Crippen LogP) is 7.56. The molecular formula is C42H45N3O8. The summed E-state index contributed by atoms with van der Waals surface area (Å²) >= 11 is 0. The Kier molecular flexibility index (Phi) is 14.4. The van der Waals surface area contributed by atoms with Crippen molar-refractivity contribution in [3.63, 3.8) is 0 Å². The smallest absolute Gasteiger partial charge is 0.407 e. The number of amides is 3. The number of nitrogens with one attached hydrogen (secondary N) is 3. The van der Waals surface area contributed by atoms with Gasteiger partial charge in [-0.05, 0) is 59.1 Å². The second-order valence-electron chi connectivity index (χ2n) is 12.7. The molecule has 0 saturated heterocycles. The predicted molar refractivity (Wildman–Crippen MR) is 200 cm³/mol. The molecule has 0 heterocycles. The van der Waals surface area contributed by atoms with Crippen LogP contribution in [0.15, 0.2) is 121 Å². The monoisotopic (exact) mass is 719 g/mol. The summed E-state index contributed by atoms with van der Waals surface area (Å²) in [5.41, 5.74) is 6.14. The van der Waals surface area contributed by atoms with E-state index in [0.717, 1.165) is 33.4 Å². The van der Waals surface area contributed by atoms with Crippen LogP contribution in [0.1, 0.15) is 53.9 Å². The summed E-state index contributed by atoms with van der Waals surface area (Å²) in [5, 5.41) is 18.2. The van der Waals surface area contributed by atoms with Crippen LogP contribution >= 0.6 is 0 Å². The van der Waals surface area contributed by atoms with Gasteiger partial charge in [0, 0.05) is 19.0 Å². The quantitative estimate of drug-likeness (QED) is 0.0467. The van der Waals surface area contributed by atoms with Crippen LogP contribution < -0.4 is 16.0 Å². The van der Waals surface area contributed by atoms with E-state index < -0.39 is 36.2 Å². The van der Waals surface area contributed by atoms with Gasteiger partial charge in [-0.2, -0.15) is 0 Å². The number of benzene rings is 4. The minimum atomic E-state index is -1.03. The molecule has 3 amide bonds. The molecule has 276 valence electrons. The highest BCUT2D eigenvalue weighted by Crippen LogP contribution is 2.44. The zero-order valence-corrected chi connectivity index (χ0v) is 29.4. The van der Waals surface area contributed by atoms with Crippen LogP contribution in [-0.2, 0) is 32.2 Å². The molecule has 0 saturated carbocycles. The number of carbonyl (C=O) groups excluding carboxylic acids is 3. The van der Waals surface area contributed by atoms with Crippen molar-refractivity contribution < 1.29 is 38.5 Å². The van der Waals surface area contributed by atoms with Crippen LogP contribution in [-0.4, -0.2) is 55.1 Å². The lowest BCUT2D eigenvalue weighted by Gasteiger charge is -2.19. The fourth-order valence-corrected chi connectivity index (χ4v) is 6.15. The highest BCUT2D eigenvalue weighted by molar-refractivity contribution is 5.79. The Morgan fingerprint density at radius 3 is 1.62 bits per heavy atom. The number of rotatable bonds is 18. The number of hydrogen-bond donors (Lipinski definition) is 4. The van der Waals surface area contributed by atoms with Crippen LogP contribution in [0.4, 0.5) is 14.4 Å². The van der Waals surface area contributed by atoms with Crippen molar-refractivity contribution in [2.75, 3.05) is 19.7 Å². The highest BCUT2D eigenvalue weighted by Gasteiger charge is 2.29. The number of fused-ring (bicyclic) bond motifs is 3. The van der Waals surface area contributed by atoms with Crippen molar-refractivity contribution in [3.05, 3.63) is 144 Å². The first-order valence-corrected chi connectivity index (χ1v) is 17.8. The molecule has 1 aliphatic carbocycles. The topological polar surface area (TPSA) is 152 Å². The molecule has 0 radical (unpaired) electrons. The third kappa shape index (κ3) is 12.0. The molecule has 0 spiro atoms. The first-order chi connectivity index (χ1) is 25.9. The summed E-state index contributed by atoms with van der Waals surface area (Å²) in [6.45, 7) is 0.916. The van der Waals surface area contributed by atoms with Crippen LogP contribution in [0.3, 0.4) is 0 Å². The lowest BCUT2D eigenvalue weighted by molar-refractivity contribution is -0.140. The van der Waals surface area contributed by atoms with Gasteiger partial charge in [-0.25, -0.2) is 14.4 Å². The fourth-order valence-electron chi connectivity index (χ4n) is 6.15. The van der Waals surface area contributed by atoms with E-state index in [2.05, 4.69) is 28.1 Å². The van der Waals surface area contributed by atoms with Crippen molar-refractivity contribution in [1.29, 1.82) is 0 Å². The van der Waals surface area contributed by atoms with Crippen molar-refractivity contribution >= 4 is 24.2 Å². The third-order valence-corrected chi connectivity index (χ3v) is 8.89. The van der Waals surface area contributed by atoms with E-state index in [0.29, 0.717) is 19.3 Å². The van der Waals surface area contributed by atoms with Gasteiger partial charge >= 0.3 is 24.2 Å². The van der Waals surface area contributed by atoms with E-state index in [4.69, 9.17) is 14.2 Å². The number of carbonyl (C=O) groups is 4. The van der Waals surface area contributed by atoms with Gasteiger partial charge < -0.3 is 35.3 Å². The van der Waals surface area contributed by atoms with Crippen LogP contribution in [0, 0.1) is 5.92 Å². The average molecular weight is 720 g/mol. The Balaban J connectivity index is 1.13. The second-order valence-corrected chi connectivity index (χ2v) is 12.7. The molecule has 4 aromatic carbocycles. The van der Waals surface area contributed by atoms with Crippen molar-refractivity contribution in [2.45, 2.75) is 50.9 Å². The van der Waals surface area contributed by atoms with Gasteiger partial charge in [-0.3, -0.25) is 4.79 Å². The minimum Gasteiger partial charge on any atom is -0.481 e. The molecule has 11 heteroatoms. The van der Waals surface area contributed by atoms with Crippen LogP contribution in [0.2, 0.25) is 0 Å². The molecule has 53 heavy (non-hydrogen) atoms. The third-order valence-electron chi connectivity index (χ3n) is 8.89. The maximum absolute atomic E-state index is 13.2. The molecule has 5 rings (SSSR count). The van der Waals surface area contributed by atoms with Crippen molar-refractivity contribution in [2.24, 2.45) is 5.92 Å². The summed E-state index contributed by atoms with van der Waals surface area (Å²) in [6, 6.07) is 34.2. The molecule has 4 aromatic rings. The standard InChI is InChI=1S/C42H45N3O8/c46-39(47)32(17-11-25-43-40(48)51-27-30-13-3-1-4-14-30)23-24-33(18-12-26-44-41(49)52-28-31-15-5-2-6-16-31)45-42(50)53-29-38-36-21-9-7-19-34(36)35-20-8-10-22-37(35)38/h1-10,13-16,19-24,32-33,38H,11-12,17-18,25-29H2,(H,43,48)(H,44,49)(H,45,50)(H,46,47)/b24-23+/t32-,33+/m1/s1. The second kappa shape index (κ2) is 20.1. The lowest BCUT2D eigenvalue weighted by Crippen LogP contribution is -2.36. The summed E-state index contributed by atoms with van der Waals surface area (Å²) in [7, 11) is 0. The van der Waals surface area contributed by atoms with Gasteiger partial charge in [0.2, 0.25) is 0 Å². The van der Waals surface area contributed by atoms with Crippen molar-refractivity contribution in [3.8, 4) is 11.1 Å². The van der Waals surface area contributed by atoms with Gasteiger partial charge in [-0.1, -0.05) is 121 Å². The van der Waals surface area contributed by atoms with Gasteiger partial charge in [-0.15, -0.1) is 0 Å². The molecule has 0 aliphatic heterocycles. The summed E-state index contributed by atoms with van der Waals surface area (Å²) in [6.07, 6.45) is 2.91. The molecular weight excluding hydrogens is 674 g/mol. The molecule has 0 bridgehead atoms. The number of carboxylic acid groups (broad SMARTS) is 1. The lowest BCUT2D eigenvalue weighted by atomic mass is 9.98. The van der Waals surface area contributed by atoms with E-state index in [1.807, 2.05) is 97.1 Å². The molecule has 1 aliphatic rings.